The minimum atomic E-state index is -0.202. The highest BCUT2D eigenvalue weighted by Crippen LogP contribution is 2.34. The number of piperidine rings is 1. The number of carbonyl (C=O) groups is 1. The van der Waals surface area contributed by atoms with Crippen molar-refractivity contribution in [3.8, 4) is 0 Å². The van der Waals surface area contributed by atoms with E-state index in [1.807, 2.05) is 0 Å². The number of carbonyl (C=O) groups excluding carboxylic acids is 1. The summed E-state index contributed by atoms with van der Waals surface area (Å²) in [6.07, 6.45) is 8.69. The van der Waals surface area contributed by atoms with E-state index in [-0.39, 0.29) is 5.41 Å². The minimum absolute atomic E-state index is 0.202. The predicted molar refractivity (Wildman–Crippen MR) is 79.0 cm³/mol. The molecule has 2 aliphatic rings. The van der Waals surface area contributed by atoms with Crippen LogP contribution < -0.4 is 5.32 Å². The molecule has 0 spiro atoms. The van der Waals surface area contributed by atoms with Crippen LogP contribution in [0.5, 0.6) is 0 Å². The Hall–Kier alpha value is -0.570. The Morgan fingerprint density at radius 2 is 1.68 bits per heavy atom. The maximum absolute atomic E-state index is 12.9. The van der Waals surface area contributed by atoms with Crippen molar-refractivity contribution in [1.29, 1.82) is 0 Å². The van der Waals surface area contributed by atoms with Gasteiger partial charge in [-0.15, -0.1) is 0 Å². The first-order valence-electron chi connectivity index (χ1n) is 8.12. The van der Waals surface area contributed by atoms with Crippen LogP contribution in [-0.4, -0.2) is 37.0 Å². The van der Waals surface area contributed by atoms with E-state index in [0.29, 0.717) is 11.8 Å². The molecule has 1 amide bonds. The Kier molecular flexibility index (Phi) is 5.26. The molecule has 0 saturated carbocycles. The zero-order valence-corrected chi connectivity index (χ0v) is 12.7. The van der Waals surface area contributed by atoms with Gasteiger partial charge in [-0.05, 0) is 44.7 Å². The predicted octanol–water partition coefficient (Wildman–Crippen LogP) is 2.80. The molecule has 19 heavy (non-hydrogen) atoms. The monoisotopic (exact) mass is 266 g/mol. The summed E-state index contributed by atoms with van der Waals surface area (Å²) in [7, 11) is 0. The maximum Gasteiger partial charge on any atom is 0.228 e. The van der Waals surface area contributed by atoms with Gasteiger partial charge in [0.05, 0.1) is 0 Å². The molecule has 2 rings (SSSR count). The average molecular weight is 266 g/mol. The topological polar surface area (TPSA) is 32.3 Å². The molecule has 1 N–H and O–H groups in total. The van der Waals surface area contributed by atoms with Gasteiger partial charge in [-0.3, -0.25) is 4.79 Å². The summed E-state index contributed by atoms with van der Waals surface area (Å²) in [6.45, 7) is 8.39. The van der Waals surface area contributed by atoms with E-state index in [1.54, 1.807) is 0 Å². The van der Waals surface area contributed by atoms with Gasteiger partial charge in [0.15, 0.2) is 0 Å². The summed E-state index contributed by atoms with van der Waals surface area (Å²) in [5.74, 6) is 0.891. The second kappa shape index (κ2) is 6.74. The third-order valence-electron chi connectivity index (χ3n) is 5.01. The number of nitrogens with zero attached hydrogens (tertiary/aromatic N) is 1. The quantitative estimate of drug-likeness (QED) is 0.833. The van der Waals surface area contributed by atoms with E-state index < -0.39 is 0 Å². The van der Waals surface area contributed by atoms with Gasteiger partial charge >= 0.3 is 0 Å². The molecular formula is C16H30N2O. The Morgan fingerprint density at radius 3 is 2.26 bits per heavy atom. The molecule has 2 saturated heterocycles. The average Bonchev–Trinajstić information content (AvgIpc) is 2.39. The van der Waals surface area contributed by atoms with E-state index in [4.69, 9.17) is 0 Å². The van der Waals surface area contributed by atoms with Crippen LogP contribution in [0.1, 0.15) is 58.8 Å². The Bertz CT molecular complexity index is 287. The van der Waals surface area contributed by atoms with Crippen molar-refractivity contribution in [2.45, 2.75) is 58.8 Å². The van der Waals surface area contributed by atoms with Gasteiger partial charge in [-0.2, -0.15) is 0 Å². The van der Waals surface area contributed by atoms with Gasteiger partial charge in [0, 0.05) is 18.5 Å². The standard InChI is InChI=1S/C16H30N2O/c1-16(2,14-9-8-10-17-13-14)15(19)18-11-6-4-3-5-7-12-18/h14,17H,3-13H2,1-2H3. The van der Waals surface area contributed by atoms with E-state index in [9.17, 15) is 4.79 Å². The van der Waals surface area contributed by atoms with E-state index >= 15 is 0 Å². The molecule has 0 radical (unpaired) electrons. The molecular weight excluding hydrogens is 236 g/mol. The first-order chi connectivity index (χ1) is 9.12. The summed E-state index contributed by atoms with van der Waals surface area (Å²) in [4.78, 5) is 15.0. The van der Waals surface area contributed by atoms with Gasteiger partial charge in [-0.1, -0.05) is 33.1 Å². The van der Waals surface area contributed by atoms with Crippen molar-refractivity contribution in [2.75, 3.05) is 26.2 Å². The minimum Gasteiger partial charge on any atom is -0.342 e. The lowest BCUT2D eigenvalue weighted by molar-refractivity contribution is -0.144. The van der Waals surface area contributed by atoms with Crippen LogP contribution in [0.4, 0.5) is 0 Å². The smallest absolute Gasteiger partial charge is 0.228 e. The zero-order chi connectivity index (χ0) is 13.7. The summed E-state index contributed by atoms with van der Waals surface area (Å²) < 4.78 is 0. The molecule has 1 unspecified atom stereocenters. The number of nitrogens with one attached hydrogen (secondary N) is 1. The second-order valence-electron chi connectivity index (χ2n) is 6.82. The van der Waals surface area contributed by atoms with Crippen molar-refractivity contribution in [3.05, 3.63) is 0 Å². The molecule has 2 aliphatic heterocycles. The molecule has 0 aliphatic carbocycles. The number of hydrogen-bond donors (Lipinski definition) is 1. The van der Waals surface area contributed by atoms with Crippen molar-refractivity contribution in [1.82, 2.24) is 10.2 Å². The third kappa shape index (κ3) is 3.71. The lowest BCUT2D eigenvalue weighted by atomic mass is 9.74. The third-order valence-corrected chi connectivity index (χ3v) is 5.01. The van der Waals surface area contributed by atoms with Crippen LogP contribution in [0.2, 0.25) is 0 Å². The summed E-state index contributed by atoms with van der Waals surface area (Å²) in [6, 6.07) is 0. The first kappa shape index (κ1) is 14.8. The normalized spacial score (nSPS) is 26.6. The van der Waals surface area contributed by atoms with Crippen LogP contribution in [0.15, 0.2) is 0 Å². The van der Waals surface area contributed by atoms with Crippen LogP contribution >= 0.6 is 0 Å². The molecule has 2 fully saturated rings. The van der Waals surface area contributed by atoms with Crippen molar-refractivity contribution in [3.63, 3.8) is 0 Å². The largest absolute Gasteiger partial charge is 0.342 e. The fourth-order valence-corrected chi connectivity index (χ4v) is 3.50. The summed E-state index contributed by atoms with van der Waals surface area (Å²) in [5.41, 5.74) is -0.202. The Morgan fingerprint density at radius 1 is 1.05 bits per heavy atom. The zero-order valence-electron chi connectivity index (χ0n) is 12.7. The molecule has 2 heterocycles. The van der Waals surface area contributed by atoms with Gasteiger partial charge in [0.25, 0.3) is 0 Å². The molecule has 3 heteroatoms. The molecule has 0 bridgehead atoms. The molecule has 110 valence electrons. The fraction of sp³-hybridized carbons (Fsp3) is 0.938. The number of rotatable bonds is 2. The van der Waals surface area contributed by atoms with Crippen LogP contribution in [0.3, 0.4) is 0 Å². The Balaban J connectivity index is 1.98. The van der Waals surface area contributed by atoms with E-state index in [0.717, 1.165) is 26.2 Å². The van der Waals surface area contributed by atoms with Gasteiger partial charge < -0.3 is 10.2 Å². The molecule has 1 atom stereocenters. The second-order valence-corrected chi connectivity index (χ2v) is 6.82. The summed E-state index contributed by atoms with van der Waals surface area (Å²) >= 11 is 0. The SMILES string of the molecule is CC(C)(C(=O)N1CCCCCCC1)C1CCCNC1. The maximum atomic E-state index is 12.9. The van der Waals surface area contributed by atoms with E-state index in [1.165, 1.54) is 44.9 Å². The number of amides is 1. The highest BCUT2D eigenvalue weighted by molar-refractivity contribution is 5.82. The van der Waals surface area contributed by atoms with Crippen LogP contribution in [0, 0.1) is 11.3 Å². The van der Waals surface area contributed by atoms with Gasteiger partial charge in [-0.25, -0.2) is 0 Å². The fourth-order valence-electron chi connectivity index (χ4n) is 3.50. The number of likely N-dealkylation sites (tertiary alicyclic amines) is 1. The molecule has 0 aromatic rings. The highest BCUT2D eigenvalue weighted by Gasteiger charge is 2.39. The van der Waals surface area contributed by atoms with Crippen LogP contribution in [0.25, 0.3) is 0 Å². The van der Waals surface area contributed by atoms with Gasteiger partial charge in [0.1, 0.15) is 0 Å². The van der Waals surface area contributed by atoms with Crippen LogP contribution in [-0.2, 0) is 4.79 Å². The van der Waals surface area contributed by atoms with Crippen molar-refractivity contribution < 1.29 is 4.79 Å². The van der Waals surface area contributed by atoms with Crippen molar-refractivity contribution >= 4 is 5.91 Å². The Labute approximate surface area is 118 Å². The number of hydrogen-bond acceptors (Lipinski definition) is 2. The summed E-state index contributed by atoms with van der Waals surface area (Å²) in [5, 5.41) is 3.45. The first-order valence-corrected chi connectivity index (χ1v) is 8.12. The lowest BCUT2D eigenvalue weighted by Crippen LogP contribution is -2.49. The van der Waals surface area contributed by atoms with Gasteiger partial charge in [0.2, 0.25) is 5.91 Å². The van der Waals surface area contributed by atoms with E-state index in [2.05, 4.69) is 24.1 Å². The lowest BCUT2D eigenvalue weighted by Gasteiger charge is -2.40. The molecule has 3 nitrogen and oxygen atoms in total. The molecule has 0 aromatic heterocycles. The highest BCUT2D eigenvalue weighted by atomic mass is 16.2. The van der Waals surface area contributed by atoms with Crippen molar-refractivity contribution in [2.24, 2.45) is 11.3 Å². The molecule has 0 aromatic carbocycles.